The number of hydrogen-bond acceptors (Lipinski definition) is 4. The minimum Gasteiger partial charge on any atom is -0.493 e. The van der Waals surface area contributed by atoms with E-state index in [0.29, 0.717) is 30.5 Å². The Hall–Kier alpha value is -1.74. The average Bonchev–Trinajstić information content (AvgIpc) is 3.13. The predicted octanol–water partition coefficient (Wildman–Crippen LogP) is 3.85. The molecule has 25 heavy (non-hydrogen) atoms. The lowest BCUT2D eigenvalue weighted by Gasteiger charge is -2.19. The molecule has 1 saturated heterocycles. The third kappa shape index (κ3) is 2.99. The highest BCUT2D eigenvalue weighted by atomic mass is 79.9. The minimum absolute atomic E-state index is 0.0312. The van der Waals surface area contributed by atoms with Gasteiger partial charge in [-0.05, 0) is 36.8 Å². The fraction of sp³-hybridized carbons (Fsp3) is 0.375. The molecule has 132 valence electrons. The minimum atomic E-state index is -2.57. The predicted molar refractivity (Wildman–Crippen MR) is 96.3 cm³/mol. The van der Waals surface area contributed by atoms with Crippen molar-refractivity contribution in [3.05, 3.63) is 28.9 Å². The Morgan fingerprint density at radius 3 is 2.96 bits per heavy atom. The zero-order chi connectivity index (χ0) is 17.6. The van der Waals surface area contributed by atoms with Gasteiger partial charge in [0.05, 0.1) is 12.2 Å². The first kappa shape index (κ1) is 16.7. The summed E-state index contributed by atoms with van der Waals surface area (Å²) in [5.74, 6) is 1.75. The number of aryl methyl sites for hydroxylation is 1. The Kier molecular flexibility index (Phi) is 4.36. The van der Waals surface area contributed by atoms with Crippen LogP contribution < -0.4 is 9.64 Å². The van der Waals surface area contributed by atoms with Crippen LogP contribution in [0.15, 0.2) is 28.9 Å². The van der Waals surface area contributed by atoms with Crippen LogP contribution in [-0.4, -0.2) is 40.4 Å². The topological polar surface area (TPSA) is 39.5 Å². The molecule has 4 rings (SSSR count). The molecule has 0 radical (unpaired) electrons. The molecule has 0 N–H and O–H groups in total. The van der Waals surface area contributed by atoms with Crippen LogP contribution in [0.5, 0.6) is 5.75 Å². The van der Waals surface area contributed by atoms with Crippen molar-refractivity contribution in [2.24, 2.45) is 0 Å². The number of hydrogen-bond donors (Lipinski definition) is 0. The van der Waals surface area contributed by atoms with E-state index in [1.807, 2.05) is 22.8 Å². The van der Waals surface area contributed by atoms with Crippen molar-refractivity contribution < 1.29 is 18.3 Å². The van der Waals surface area contributed by atoms with E-state index in [-0.39, 0.29) is 11.8 Å². The van der Waals surface area contributed by atoms with Gasteiger partial charge in [-0.15, -0.1) is 0 Å². The molecule has 1 aromatic heterocycles. The molecule has 1 aromatic carbocycles. The summed E-state index contributed by atoms with van der Waals surface area (Å²) in [5, 5.41) is 0.0312. The molecule has 2 aliphatic heterocycles. The number of rotatable bonds is 2. The van der Waals surface area contributed by atoms with Gasteiger partial charge >= 0.3 is 0 Å². The van der Waals surface area contributed by atoms with Gasteiger partial charge in [0.2, 0.25) is 0 Å². The number of alkyl halides is 2. The summed E-state index contributed by atoms with van der Waals surface area (Å²) in [4.78, 5) is 5.88. The van der Waals surface area contributed by atoms with Gasteiger partial charge in [-0.3, -0.25) is 4.90 Å². The van der Waals surface area contributed by atoms with Crippen molar-refractivity contribution in [1.29, 1.82) is 0 Å². The van der Waals surface area contributed by atoms with Crippen LogP contribution >= 0.6 is 28.1 Å². The highest BCUT2D eigenvalue weighted by Gasteiger charge is 2.39. The Morgan fingerprint density at radius 1 is 1.32 bits per heavy atom. The van der Waals surface area contributed by atoms with Crippen molar-refractivity contribution in [1.82, 2.24) is 9.55 Å². The zero-order valence-electron chi connectivity index (χ0n) is 13.0. The van der Waals surface area contributed by atoms with Crippen LogP contribution in [0.1, 0.15) is 6.42 Å². The van der Waals surface area contributed by atoms with Crippen LogP contribution in [0.25, 0.3) is 11.4 Å². The van der Waals surface area contributed by atoms with Crippen LogP contribution in [0.4, 0.5) is 14.6 Å². The summed E-state index contributed by atoms with van der Waals surface area (Å²) in [5.41, 5.74) is 0.814. The molecule has 0 bridgehead atoms. The standard InChI is InChI=1S/C16H14BrF2N3O2S/c17-9-2-3-10-12(6-9)23-5-1-4-21-7-13(20-15(10)21)22-11(14(18)19)8-24-16(22)25/h2-3,6-7,11,14H,1,4-5,8H2/t11-/m0/s1. The van der Waals surface area contributed by atoms with E-state index in [1.54, 1.807) is 6.20 Å². The summed E-state index contributed by atoms with van der Waals surface area (Å²) in [7, 11) is 0. The summed E-state index contributed by atoms with van der Waals surface area (Å²) >= 11 is 8.53. The number of benzene rings is 1. The third-order valence-corrected chi connectivity index (χ3v) is 5.00. The molecule has 3 heterocycles. The summed E-state index contributed by atoms with van der Waals surface area (Å²) in [6.07, 6.45) is -0.0344. The maximum absolute atomic E-state index is 13.3. The molecule has 1 atom stereocenters. The average molecular weight is 430 g/mol. The Morgan fingerprint density at radius 2 is 2.16 bits per heavy atom. The van der Waals surface area contributed by atoms with Gasteiger partial charge < -0.3 is 14.0 Å². The van der Waals surface area contributed by atoms with Crippen LogP contribution in [0.2, 0.25) is 0 Å². The van der Waals surface area contributed by atoms with Gasteiger partial charge in [0.15, 0.2) is 5.82 Å². The lowest BCUT2D eigenvalue weighted by Crippen LogP contribution is -2.38. The van der Waals surface area contributed by atoms with E-state index in [9.17, 15) is 8.78 Å². The lowest BCUT2D eigenvalue weighted by atomic mass is 10.1. The molecule has 5 nitrogen and oxygen atoms in total. The maximum atomic E-state index is 13.3. The smallest absolute Gasteiger partial charge is 0.265 e. The van der Waals surface area contributed by atoms with E-state index in [0.717, 1.165) is 16.5 Å². The number of nitrogens with zero attached hydrogens (tertiary/aromatic N) is 3. The third-order valence-electron chi connectivity index (χ3n) is 4.19. The molecule has 0 saturated carbocycles. The van der Waals surface area contributed by atoms with Gasteiger partial charge in [-0.25, -0.2) is 13.8 Å². The van der Waals surface area contributed by atoms with Gasteiger partial charge in [-0.2, -0.15) is 0 Å². The summed E-state index contributed by atoms with van der Waals surface area (Å²) < 4.78 is 40.4. The molecule has 2 aromatic rings. The molecule has 1 fully saturated rings. The number of aromatic nitrogens is 2. The van der Waals surface area contributed by atoms with Crippen molar-refractivity contribution in [2.45, 2.75) is 25.4 Å². The fourth-order valence-electron chi connectivity index (χ4n) is 3.01. The normalized spacial score (nSPS) is 19.8. The number of imidazole rings is 1. The molecule has 0 spiro atoms. The second-order valence-electron chi connectivity index (χ2n) is 5.81. The van der Waals surface area contributed by atoms with E-state index in [4.69, 9.17) is 21.7 Å². The van der Waals surface area contributed by atoms with Crippen LogP contribution in [-0.2, 0) is 11.3 Å². The van der Waals surface area contributed by atoms with E-state index < -0.39 is 12.5 Å². The molecule has 0 aliphatic carbocycles. The number of ether oxygens (including phenoxy) is 2. The molecular formula is C16H14BrF2N3O2S. The summed E-state index contributed by atoms with van der Waals surface area (Å²) in [6, 6.07) is 4.56. The van der Waals surface area contributed by atoms with E-state index >= 15 is 0 Å². The maximum Gasteiger partial charge on any atom is 0.265 e. The zero-order valence-corrected chi connectivity index (χ0v) is 15.4. The van der Waals surface area contributed by atoms with Crippen LogP contribution in [0, 0.1) is 0 Å². The van der Waals surface area contributed by atoms with Gasteiger partial charge in [0.25, 0.3) is 11.6 Å². The SMILES string of the molecule is FC(F)[C@@H]1COC(=S)N1c1cn2c(n1)-c1ccc(Br)cc1OCCC2. The second-order valence-corrected chi connectivity index (χ2v) is 7.07. The second kappa shape index (κ2) is 6.53. The number of halogens is 3. The Balaban J connectivity index is 1.80. The Bertz CT molecular complexity index is 830. The van der Waals surface area contributed by atoms with E-state index in [2.05, 4.69) is 20.9 Å². The molecule has 9 heteroatoms. The lowest BCUT2D eigenvalue weighted by molar-refractivity contribution is 0.106. The van der Waals surface area contributed by atoms with Crippen molar-refractivity contribution in [2.75, 3.05) is 18.1 Å². The molecule has 0 amide bonds. The quantitative estimate of drug-likeness (QED) is 0.677. The van der Waals surface area contributed by atoms with Gasteiger partial charge in [0, 0.05) is 17.2 Å². The Labute approximate surface area is 156 Å². The molecule has 2 aliphatic rings. The first-order valence-corrected chi connectivity index (χ1v) is 8.99. The molecular weight excluding hydrogens is 416 g/mol. The molecule has 0 unspecified atom stereocenters. The first-order chi connectivity index (χ1) is 12.0. The van der Waals surface area contributed by atoms with Crippen molar-refractivity contribution in [3.63, 3.8) is 0 Å². The van der Waals surface area contributed by atoms with Crippen LogP contribution in [0.3, 0.4) is 0 Å². The monoisotopic (exact) mass is 429 g/mol. The van der Waals surface area contributed by atoms with Crippen molar-refractivity contribution in [3.8, 4) is 17.1 Å². The van der Waals surface area contributed by atoms with E-state index in [1.165, 1.54) is 4.90 Å². The van der Waals surface area contributed by atoms with Gasteiger partial charge in [-0.1, -0.05) is 15.9 Å². The van der Waals surface area contributed by atoms with Gasteiger partial charge in [0.1, 0.15) is 24.2 Å². The fourth-order valence-corrected chi connectivity index (χ4v) is 3.64. The number of fused-ring (bicyclic) bond motifs is 3. The number of anilines is 1. The highest BCUT2D eigenvalue weighted by Crippen LogP contribution is 2.36. The summed E-state index contributed by atoms with van der Waals surface area (Å²) in [6.45, 7) is 1.12. The largest absolute Gasteiger partial charge is 0.493 e. The highest BCUT2D eigenvalue weighted by molar-refractivity contribution is 9.10. The first-order valence-electron chi connectivity index (χ1n) is 7.78. The van der Waals surface area contributed by atoms with Crippen molar-refractivity contribution >= 4 is 39.1 Å². The number of thiocarbonyl (C=S) groups is 1.